The van der Waals surface area contributed by atoms with Gasteiger partial charge >= 0.3 is 0 Å². The minimum absolute atomic E-state index is 0.293. The summed E-state index contributed by atoms with van der Waals surface area (Å²) in [5.41, 5.74) is 0. The fraction of sp³-hybridized carbons (Fsp3) is 0.750. The Kier molecular flexibility index (Phi) is 8.71. The van der Waals surface area contributed by atoms with Crippen LogP contribution in [0.1, 0.15) is 33.6 Å². The van der Waals surface area contributed by atoms with Gasteiger partial charge in [0.2, 0.25) is 0 Å². The standard InChI is InChI=1S/C12H20NOPS3/c1-11(2,15-4)9-17-10(16)18-12(3,8-13)6-5-7-14/h7,15H,5-6,9H2,1-4H3. The summed E-state index contributed by atoms with van der Waals surface area (Å²) in [6.07, 6.45) is 1.82. The van der Waals surface area contributed by atoms with Crippen LogP contribution in [-0.2, 0) is 4.79 Å². The number of thiocarbonyl (C=S) groups is 1. The highest BCUT2D eigenvalue weighted by molar-refractivity contribution is 8.47. The molecule has 0 rings (SSSR count). The summed E-state index contributed by atoms with van der Waals surface area (Å²) < 4.78 is 0.222. The van der Waals surface area contributed by atoms with Crippen LogP contribution in [0.3, 0.4) is 0 Å². The summed E-state index contributed by atoms with van der Waals surface area (Å²) in [7, 11) is 0.872. The van der Waals surface area contributed by atoms with Crippen LogP contribution in [0, 0.1) is 11.3 Å². The Balaban J connectivity index is 4.29. The maximum Gasteiger partial charge on any atom is 0.120 e. The van der Waals surface area contributed by atoms with Crippen LogP contribution >= 0.6 is 44.3 Å². The second-order valence-corrected chi connectivity index (χ2v) is 10.4. The minimum Gasteiger partial charge on any atom is -0.303 e. The zero-order valence-electron chi connectivity index (χ0n) is 11.3. The van der Waals surface area contributed by atoms with Crippen molar-refractivity contribution in [2.45, 2.75) is 43.5 Å². The van der Waals surface area contributed by atoms with E-state index in [1.54, 1.807) is 11.8 Å². The largest absolute Gasteiger partial charge is 0.303 e. The number of carbonyl (C=O) groups is 1. The summed E-state index contributed by atoms with van der Waals surface area (Å²) >= 11 is 8.39. The second kappa shape index (κ2) is 8.53. The number of hydrogen-bond donors (Lipinski definition) is 0. The first kappa shape index (κ1) is 18.4. The van der Waals surface area contributed by atoms with Gasteiger partial charge in [-0.1, -0.05) is 37.8 Å². The lowest BCUT2D eigenvalue weighted by Crippen LogP contribution is -2.21. The molecule has 0 aliphatic rings. The topological polar surface area (TPSA) is 40.9 Å². The number of aldehydes is 1. The molecule has 6 heteroatoms. The molecule has 0 saturated carbocycles. The van der Waals surface area contributed by atoms with E-state index in [0.717, 1.165) is 24.1 Å². The highest BCUT2D eigenvalue weighted by Gasteiger charge is 2.27. The Morgan fingerprint density at radius 2 is 2.11 bits per heavy atom. The quantitative estimate of drug-likeness (QED) is 0.401. The van der Waals surface area contributed by atoms with E-state index in [9.17, 15) is 10.1 Å². The molecule has 0 aromatic heterocycles. The lowest BCUT2D eigenvalue weighted by molar-refractivity contribution is -0.107. The molecule has 0 aromatic carbocycles. The first-order chi connectivity index (χ1) is 8.28. The molecule has 0 bridgehead atoms. The molecule has 0 N–H and O–H groups in total. The van der Waals surface area contributed by atoms with Gasteiger partial charge in [-0.3, -0.25) is 0 Å². The molecule has 0 amide bonds. The van der Waals surface area contributed by atoms with E-state index >= 15 is 0 Å². The molecular weight excluding hydrogens is 301 g/mol. The van der Waals surface area contributed by atoms with E-state index in [2.05, 4.69) is 26.6 Å². The van der Waals surface area contributed by atoms with E-state index in [4.69, 9.17) is 12.2 Å². The minimum atomic E-state index is -0.580. The van der Waals surface area contributed by atoms with E-state index < -0.39 is 4.75 Å². The fourth-order valence-electron chi connectivity index (χ4n) is 0.989. The Hall–Kier alpha value is 0.380. The molecule has 102 valence electrons. The summed E-state index contributed by atoms with van der Waals surface area (Å²) in [6, 6.07) is 2.26. The third kappa shape index (κ3) is 7.74. The zero-order valence-corrected chi connectivity index (χ0v) is 14.7. The predicted molar refractivity (Wildman–Crippen MR) is 90.3 cm³/mol. The summed E-state index contributed by atoms with van der Waals surface area (Å²) in [6.45, 7) is 8.49. The Morgan fingerprint density at radius 3 is 2.56 bits per heavy atom. The van der Waals surface area contributed by atoms with Gasteiger partial charge in [-0.05, 0) is 25.2 Å². The maximum atomic E-state index is 10.4. The molecular formula is C12H20NOPS3. The van der Waals surface area contributed by atoms with Crippen LogP contribution in [-0.4, -0.2) is 32.1 Å². The van der Waals surface area contributed by atoms with Gasteiger partial charge in [-0.15, -0.1) is 20.3 Å². The van der Waals surface area contributed by atoms with Crippen molar-refractivity contribution in [1.29, 1.82) is 5.26 Å². The van der Waals surface area contributed by atoms with Gasteiger partial charge in [0, 0.05) is 12.2 Å². The van der Waals surface area contributed by atoms with Gasteiger partial charge in [-0.2, -0.15) is 5.26 Å². The predicted octanol–water partition coefficient (Wildman–Crippen LogP) is 4.09. The molecule has 2 nitrogen and oxygen atoms in total. The molecule has 0 aromatic rings. The first-order valence-electron chi connectivity index (χ1n) is 5.68. The van der Waals surface area contributed by atoms with Crippen LogP contribution in [0.4, 0.5) is 0 Å². The van der Waals surface area contributed by atoms with E-state index in [1.165, 1.54) is 11.8 Å². The molecule has 0 aliphatic carbocycles. The number of nitrogens with zero attached hydrogens (tertiary/aromatic N) is 1. The fourth-order valence-corrected chi connectivity index (χ4v) is 4.59. The smallest absolute Gasteiger partial charge is 0.120 e. The van der Waals surface area contributed by atoms with Crippen LogP contribution in [0.15, 0.2) is 0 Å². The van der Waals surface area contributed by atoms with Crippen molar-refractivity contribution in [2.24, 2.45) is 0 Å². The summed E-state index contributed by atoms with van der Waals surface area (Å²) in [5.74, 6) is 0.975. The third-order valence-corrected chi connectivity index (χ3v) is 7.52. The third-order valence-electron chi connectivity index (χ3n) is 2.51. The molecule has 0 aliphatic heterocycles. The average molecular weight is 321 g/mol. The van der Waals surface area contributed by atoms with Crippen molar-refractivity contribution >= 4 is 54.1 Å². The second-order valence-electron chi connectivity index (χ2n) is 4.82. The van der Waals surface area contributed by atoms with Crippen molar-refractivity contribution in [3.8, 4) is 6.07 Å². The molecule has 2 atom stereocenters. The van der Waals surface area contributed by atoms with Gasteiger partial charge in [-0.25, -0.2) is 0 Å². The van der Waals surface area contributed by atoms with Crippen molar-refractivity contribution < 1.29 is 4.79 Å². The van der Waals surface area contributed by atoms with Gasteiger partial charge in [0.05, 0.1) is 6.07 Å². The van der Waals surface area contributed by atoms with Crippen LogP contribution < -0.4 is 0 Å². The first-order valence-corrected chi connectivity index (χ1v) is 9.39. The molecule has 0 radical (unpaired) electrons. The monoisotopic (exact) mass is 321 g/mol. The number of rotatable bonds is 7. The molecule has 2 unspecified atom stereocenters. The van der Waals surface area contributed by atoms with Crippen LogP contribution in [0.25, 0.3) is 0 Å². The lowest BCUT2D eigenvalue weighted by atomic mass is 10.1. The average Bonchev–Trinajstić information content (AvgIpc) is 2.34. The normalized spacial score (nSPS) is 15.3. The zero-order chi connectivity index (χ0) is 14.2. The summed E-state index contributed by atoms with van der Waals surface area (Å²) in [4.78, 5) is 10.4. The van der Waals surface area contributed by atoms with Crippen LogP contribution in [0.5, 0.6) is 0 Å². The van der Waals surface area contributed by atoms with Gasteiger partial charge < -0.3 is 4.79 Å². The Morgan fingerprint density at radius 1 is 1.50 bits per heavy atom. The van der Waals surface area contributed by atoms with E-state index in [1.807, 2.05) is 6.92 Å². The van der Waals surface area contributed by atoms with E-state index in [0.29, 0.717) is 18.0 Å². The molecule has 0 saturated heterocycles. The highest BCUT2D eigenvalue weighted by Crippen LogP contribution is 2.38. The van der Waals surface area contributed by atoms with Crippen molar-refractivity contribution in [3.05, 3.63) is 0 Å². The van der Waals surface area contributed by atoms with E-state index in [-0.39, 0.29) is 0 Å². The molecule has 0 fully saturated rings. The van der Waals surface area contributed by atoms with Crippen molar-refractivity contribution in [3.63, 3.8) is 0 Å². The highest BCUT2D eigenvalue weighted by atomic mass is 32.2. The van der Waals surface area contributed by atoms with Gasteiger partial charge in [0.25, 0.3) is 0 Å². The Bertz CT molecular complexity index is 341. The SMILES string of the molecule is CPC(C)(C)CSC(=S)SC(C)(C#N)CCC=O. The van der Waals surface area contributed by atoms with Crippen molar-refractivity contribution in [2.75, 3.05) is 12.4 Å². The van der Waals surface area contributed by atoms with Gasteiger partial charge in [0.1, 0.15) is 14.6 Å². The number of nitriles is 1. The number of hydrogen-bond acceptors (Lipinski definition) is 5. The molecule has 0 spiro atoms. The van der Waals surface area contributed by atoms with Crippen LogP contribution in [0.2, 0.25) is 0 Å². The lowest BCUT2D eigenvalue weighted by Gasteiger charge is -2.24. The molecule has 0 heterocycles. The number of carbonyl (C=O) groups excluding carboxylic acids is 1. The maximum absolute atomic E-state index is 10.4. The Labute approximate surface area is 126 Å². The molecule has 18 heavy (non-hydrogen) atoms. The van der Waals surface area contributed by atoms with Gasteiger partial charge in [0.15, 0.2) is 0 Å². The van der Waals surface area contributed by atoms with Crippen molar-refractivity contribution in [1.82, 2.24) is 0 Å². The number of thioether (sulfide) groups is 2. The summed E-state index contributed by atoms with van der Waals surface area (Å²) in [5, 5.41) is 9.47.